The molecular weight excluding hydrogens is 462 g/mol. The van der Waals surface area contributed by atoms with E-state index < -0.39 is 12.2 Å². The van der Waals surface area contributed by atoms with Gasteiger partial charge in [0.05, 0.1) is 17.9 Å². The topological polar surface area (TPSA) is 72.8 Å². The van der Waals surface area contributed by atoms with Crippen molar-refractivity contribution in [3.8, 4) is 5.69 Å². The van der Waals surface area contributed by atoms with Crippen molar-refractivity contribution in [3.05, 3.63) is 58.7 Å². The fraction of sp³-hybridized carbons (Fsp3) is 0.304. The summed E-state index contributed by atoms with van der Waals surface area (Å²) in [5.74, 6) is 0.427. The van der Waals surface area contributed by atoms with Crippen LogP contribution in [0.15, 0.2) is 53.0 Å². The number of hydrazine groups is 1. The number of carbonyl (C=O) groups excluding carboxylic acids is 2. The normalized spacial score (nSPS) is 11.1. The van der Waals surface area contributed by atoms with Gasteiger partial charge >= 0.3 is 12.2 Å². The molecule has 0 spiro atoms. The molecule has 1 N–H and O–H groups in total. The molecule has 7 nitrogen and oxygen atoms in total. The highest BCUT2D eigenvalue weighted by atomic mass is 79.9. The zero-order valence-corrected chi connectivity index (χ0v) is 19.8. The Hall–Kier alpha value is -3.00. The van der Waals surface area contributed by atoms with Crippen molar-refractivity contribution in [2.45, 2.75) is 46.8 Å². The fourth-order valence-electron chi connectivity index (χ4n) is 3.24. The van der Waals surface area contributed by atoms with E-state index in [4.69, 9.17) is 9.47 Å². The molecule has 2 aromatic carbocycles. The van der Waals surface area contributed by atoms with Crippen LogP contribution in [0.3, 0.4) is 0 Å². The van der Waals surface area contributed by atoms with E-state index in [2.05, 4.69) is 21.4 Å². The lowest BCUT2D eigenvalue weighted by atomic mass is 10.1. The molecule has 2 amide bonds. The van der Waals surface area contributed by atoms with E-state index >= 15 is 0 Å². The van der Waals surface area contributed by atoms with E-state index in [0.29, 0.717) is 5.82 Å². The van der Waals surface area contributed by atoms with E-state index in [1.54, 1.807) is 33.8 Å². The second-order valence-electron chi connectivity index (χ2n) is 7.61. The molecule has 0 saturated carbocycles. The van der Waals surface area contributed by atoms with Crippen LogP contribution in [0.1, 0.15) is 33.4 Å². The lowest BCUT2D eigenvalue weighted by molar-refractivity contribution is 0.103. The predicted molar refractivity (Wildman–Crippen MR) is 125 cm³/mol. The number of aromatic nitrogens is 1. The molecule has 0 atom stereocenters. The minimum atomic E-state index is -0.748. The molecule has 3 aromatic rings. The number of hydrogen-bond acceptors (Lipinski definition) is 4. The van der Waals surface area contributed by atoms with Crippen LogP contribution >= 0.6 is 15.9 Å². The number of nitrogens with zero attached hydrogens (tertiary/aromatic N) is 2. The Bertz CT molecular complexity index is 1110. The SMILES string of the molecule is Cc1ccc(N(NC(=O)OC(C)C)C(=O)OC(C)C)n1-c1ccc(Br)c2ccccc12. The Kier molecular flexibility index (Phi) is 6.90. The van der Waals surface area contributed by atoms with Crippen molar-refractivity contribution in [1.29, 1.82) is 0 Å². The predicted octanol–water partition coefficient (Wildman–Crippen LogP) is 6.10. The van der Waals surface area contributed by atoms with E-state index in [1.807, 2.05) is 54.0 Å². The molecule has 0 aliphatic rings. The monoisotopic (exact) mass is 487 g/mol. The van der Waals surface area contributed by atoms with Gasteiger partial charge in [-0.2, -0.15) is 5.01 Å². The number of nitrogens with one attached hydrogen (secondary N) is 1. The van der Waals surface area contributed by atoms with Gasteiger partial charge < -0.3 is 9.47 Å². The van der Waals surface area contributed by atoms with Crippen LogP contribution in [-0.4, -0.2) is 29.0 Å². The first-order chi connectivity index (χ1) is 14.7. The smallest absolute Gasteiger partial charge is 0.435 e. The van der Waals surface area contributed by atoms with Gasteiger partial charge in [-0.05, 0) is 64.3 Å². The summed E-state index contributed by atoms with van der Waals surface area (Å²) in [5.41, 5.74) is 4.26. The molecule has 164 valence electrons. The van der Waals surface area contributed by atoms with Crippen molar-refractivity contribution in [2.24, 2.45) is 0 Å². The number of ether oxygens (including phenoxy) is 2. The van der Waals surface area contributed by atoms with Gasteiger partial charge in [0.1, 0.15) is 5.82 Å². The maximum absolute atomic E-state index is 12.9. The zero-order valence-electron chi connectivity index (χ0n) is 18.2. The summed E-state index contributed by atoms with van der Waals surface area (Å²) in [6.45, 7) is 8.89. The quantitative estimate of drug-likeness (QED) is 0.451. The van der Waals surface area contributed by atoms with E-state index in [-0.39, 0.29) is 12.2 Å². The zero-order chi connectivity index (χ0) is 22.7. The fourth-order valence-corrected chi connectivity index (χ4v) is 3.71. The molecule has 1 heterocycles. The van der Waals surface area contributed by atoms with Crippen LogP contribution in [0.25, 0.3) is 16.5 Å². The minimum absolute atomic E-state index is 0.341. The van der Waals surface area contributed by atoms with E-state index in [0.717, 1.165) is 31.6 Å². The first kappa shape index (κ1) is 22.7. The summed E-state index contributed by atoms with van der Waals surface area (Å²) in [5, 5.41) is 3.09. The van der Waals surface area contributed by atoms with Crippen molar-refractivity contribution in [1.82, 2.24) is 9.99 Å². The highest BCUT2D eigenvalue weighted by Gasteiger charge is 2.26. The van der Waals surface area contributed by atoms with Crippen molar-refractivity contribution >= 4 is 44.7 Å². The van der Waals surface area contributed by atoms with Gasteiger partial charge in [-0.3, -0.25) is 4.57 Å². The molecule has 0 unspecified atom stereocenters. The van der Waals surface area contributed by atoms with Crippen LogP contribution in [0.5, 0.6) is 0 Å². The number of aryl methyl sites for hydroxylation is 1. The van der Waals surface area contributed by atoms with Gasteiger partial charge in [0.25, 0.3) is 0 Å². The number of benzene rings is 2. The number of fused-ring (bicyclic) bond motifs is 1. The second kappa shape index (κ2) is 9.43. The van der Waals surface area contributed by atoms with Crippen molar-refractivity contribution in [2.75, 3.05) is 5.01 Å². The van der Waals surface area contributed by atoms with E-state index in [9.17, 15) is 9.59 Å². The number of hydrogen-bond donors (Lipinski definition) is 1. The Balaban J connectivity index is 2.14. The van der Waals surface area contributed by atoms with Crippen LogP contribution < -0.4 is 10.4 Å². The van der Waals surface area contributed by atoms with Gasteiger partial charge in [0.2, 0.25) is 0 Å². The molecule has 0 aliphatic carbocycles. The molecule has 0 saturated heterocycles. The van der Waals surface area contributed by atoms with E-state index in [1.165, 1.54) is 0 Å². The Morgan fingerprint density at radius 2 is 1.58 bits per heavy atom. The summed E-state index contributed by atoms with van der Waals surface area (Å²) < 4.78 is 13.4. The lowest BCUT2D eigenvalue weighted by Gasteiger charge is -2.26. The van der Waals surface area contributed by atoms with Crippen LogP contribution in [0.4, 0.5) is 15.4 Å². The third-order valence-corrected chi connectivity index (χ3v) is 5.13. The minimum Gasteiger partial charge on any atom is -0.446 e. The second-order valence-corrected chi connectivity index (χ2v) is 8.47. The lowest BCUT2D eigenvalue weighted by Crippen LogP contribution is -2.49. The average molecular weight is 488 g/mol. The number of halogens is 1. The molecule has 1 aromatic heterocycles. The number of carbonyl (C=O) groups is 2. The van der Waals surface area contributed by atoms with Gasteiger partial charge in [-0.25, -0.2) is 15.0 Å². The summed E-state index contributed by atoms with van der Waals surface area (Å²) in [7, 11) is 0. The maximum Gasteiger partial charge on any atom is 0.435 e. The van der Waals surface area contributed by atoms with Gasteiger partial charge in [-0.1, -0.05) is 40.2 Å². The van der Waals surface area contributed by atoms with Gasteiger partial charge in [-0.15, -0.1) is 0 Å². The Morgan fingerprint density at radius 3 is 2.23 bits per heavy atom. The number of rotatable bonds is 4. The van der Waals surface area contributed by atoms with Gasteiger partial charge in [0, 0.05) is 15.6 Å². The Morgan fingerprint density at radius 1 is 0.935 bits per heavy atom. The number of anilines is 1. The third-order valence-electron chi connectivity index (χ3n) is 4.44. The molecule has 0 aliphatic heterocycles. The molecule has 8 heteroatoms. The van der Waals surface area contributed by atoms with Crippen LogP contribution in [0.2, 0.25) is 0 Å². The molecule has 0 radical (unpaired) electrons. The van der Waals surface area contributed by atoms with Crippen molar-refractivity contribution < 1.29 is 19.1 Å². The summed E-state index contributed by atoms with van der Waals surface area (Å²) in [6, 6.07) is 15.5. The standard InChI is InChI=1S/C23H26BrN3O4/c1-14(2)30-22(28)25-27(23(29)31-15(3)4)21-13-10-16(5)26(21)20-12-11-19(24)17-8-6-7-9-18(17)20/h6-15H,1-5H3,(H,25,28). The highest BCUT2D eigenvalue weighted by molar-refractivity contribution is 9.10. The third kappa shape index (κ3) is 5.02. The summed E-state index contributed by atoms with van der Waals surface area (Å²) in [6.07, 6.45) is -2.17. The molecule has 31 heavy (non-hydrogen) atoms. The largest absolute Gasteiger partial charge is 0.446 e. The first-order valence-corrected chi connectivity index (χ1v) is 10.8. The highest BCUT2D eigenvalue weighted by Crippen LogP contribution is 2.33. The van der Waals surface area contributed by atoms with Crippen LogP contribution in [-0.2, 0) is 9.47 Å². The van der Waals surface area contributed by atoms with Crippen LogP contribution in [0, 0.1) is 6.92 Å². The number of amides is 2. The van der Waals surface area contributed by atoms with Crippen molar-refractivity contribution in [3.63, 3.8) is 0 Å². The average Bonchev–Trinajstić information content (AvgIpc) is 3.06. The molecular formula is C23H26BrN3O4. The van der Waals surface area contributed by atoms with Gasteiger partial charge in [0.15, 0.2) is 0 Å². The first-order valence-electron chi connectivity index (χ1n) is 10.0. The Labute approximate surface area is 190 Å². The molecule has 0 fully saturated rings. The maximum atomic E-state index is 12.9. The summed E-state index contributed by atoms with van der Waals surface area (Å²) >= 11 is 3.60. The molecule has 3 rings (SSSR count). The summed E-state index contributed by atoms with van der Waals surface area (Å²) in [4.78, 5) is 25.2. The molecule has 0 bridgehead atoms.